The molecule has 1 aromatic carbocycles. The average molecular weight is 398 g/mol. The van der Waals surface area contributed by atoms with Gasteiger partial charge < -0.3 is 4.74 Å². The van der Waals surface area contributed by atoms with E-state index in [0.717, 1.165) is 19.2 Å². The third-order valence-electron chi connectivity index (χ3n) is 4.32. The molecule has 6 nitrogen and oxygen atoms in total. The van der Waals surface area contributed by atoms with E-state index >= 15 is 0 Å². The highest BCUT2D eigenvalue weighted by Gasteiger charge is 2.52. The molecule has 0 saturated heterocycles. The maximum atomic E-state index is 13.4. The highest BCUT2D eigenvalue weighted by atomic mass is 35.5. The number of carbonyl (C=O) groups excluding carboxylic acids is 1. The molecule has 1 fully saturated rings. The lowest BCUT2D eigenvalue weighted by Gasteiger charge is -2.36. The Morgan fingerprint density at radius 3 is 2.28 bits per heavy atom. The molecule has 0 aromatic heterocycles. The quantitative estimate of drug-likeness (QED) is 0.453. The zero-order valence-electron chi connectivity index (χ0n) is 13.4. The molecule has 0 heterocycles. The van der Waals surface area contributed by atoms with Gasteiger partial charge in [-0.05, 0) is 30.5 Å². The molecule has 0 radical (unpaired) electrons. The Morgan fingerprint density at radius 1 is 1.32 bits per heavy atom. The normalized spacial score (nSPS) is 18.3. The number of methoxy groups -OCH3 is 1. The van der Waals surface area contributed by atoms with E-state index in [2.05, 4.69) is 0 Å². The molecule has 1 saturated carbocycles. The Morgan fingerprint density at radius 2 is 1.84 bits per heavy atom. The summed E-state index contributed by atoms with van der Waals surface area (Å²) in [5.74, 6) is -2.55. The van der Waals surface area contributed by atoms with Gasteiger partial charge in [-0.1, -0.05) is 12.8 Å². The predicted molar refractivity (Wildman–Crippen MR) is 86.4 cm³/mol. The first-order chi connectivity index (χ1) is 11.6. The molecule has 1 N–H and O–H groups in total. The van der Waals surface area contributed by atoms with Crippen molar-refractivity contribution in [1.29, 1.82) is 0 Å². The molecule has 0 amide bonds. The standard InChI is InChI=1S/C15H18ClF2NO5S/c1-24-14(20)15(4-2-3-5-15)19(25(21,22)23)9-13(16)10-6-11(17)8-12(18)7-10/h6-8,13H,2-5,9H2,1H3,(H,21,22,23). The lowest BCUT2D eigenvalue weighted by Crippen LogP contribution is -2.56. The van der Waals surface area contributed by atoms with Crippen molar-refractivity contribution in [3.63, 3.8) is 0 Å². The maximum absolute atomic E-state index is 13.4. The predicted octanol–water partition coefficient (Wildman–Crippen LogP) is 2.84. The molecule has 140 valence electrons. The van der Waals surface area contributed by atoms with Crippen molar-refractivity contribution in [3.05, 3.63) is 35.4 Å². The molecule has 1 aliphatic carbocycles. The zero-order valence-corrected chi connectivity index (χ0v) is 15.0. The number of halogens is 3. The molecule has 0 aliphatic heterocycles. The molecule has 1 aliphatic rings. The largest absolute Gasteiger partial charge is 0.468 e. The van der Waals surface area contributed by atoms with Crippen LogP contribution in [-0.4, -0.2) is 42.4 Å². The minimum absolute atomic E-state index is 0.00849. The van der Waals surface area contributed by atoms with E-state index < -0.39 is 45.4 Å². The van der Waals surface area contributed by atoms with Crippen LogP contribution in [0.3, 0.4) is 0 Å². The lowest BCUT2D eigenvalue weighted by atomic mass is 9.97. The summed E-state index contributed by atoms with van der Waals surface area (Å²) in [6, 6.07) is 2.57. The number of nitrogens with zero attached hydrogens (tertiary/aromatic N) is 1. The fourth-order valence-corrected chi connectivity index (χ4v) is 4.58. The molecular formula is C15H18ClF2NO5S. The van der Waals surface area contributed by atoms with E-state index in [1.54, 1.807) is 0 Å². The fourth-order valence-electron chi connectivity index (χ4n) is 3.20. The number of rotatable bonds is 6. The summed E-state index contributed by atoms with van der Waals surface area (Å²) >= 11 is 6.14. The highest BCUT2D eigenvalue weighted by molar-refractivity contribution is 7.83. The van der Waals surface area contributed by atoms with Crippen LogP contribution in [0.5, 0.6) is 0 Å². The van der Waals surface area contributed by atoms with Gasteiger partial charge in [-0.15, -0.1) is 11.6 Å². The first-order valence-corrected chi connectivity index (χ1v) is 9.37. The van der Waals surface area contributed by atoms with Crippen LogP contribution in [0, 0.1) is 11.6 Å². The molecular weight excluding hydrogens is 380 g/mol. The van der Waals surface area contributed by atoms with E-state index in [0.29, 0.717) is 23.2 Å². The van der Waals surface area contributed by atoms with Crippen molar-refractivity contribution in [2.45, 2.75) is 36.6 Å². The van der Waals surface area contributed by atoms with Crippen molar-refractivity contribution in [2.24, 2.45) is 0 Å². The van der Waals surface area contributed by atoms with E-state index in [4.69, 9.17) is 16.3 Å². The summed E-state index contributed by atoms with van der Waals surface area (Å²) in [7, 11) is -3.71. The average Bonchev–Trinajstić information content (AvgIpc) is 2.99. The Balaban J connectivity index is 2.40. The van der Waals surface area contributed by atoms with Crippen LogP contribution in [0.25, 0.3) is 0 Å². The number of esters is 1. The molecule has 2 rings (SSSR count). The van der Waals surface area contributed by atoms with Gasteiger partial charge in [-0.2, -0.15) is 12.7 Å². The molecule has 1 aromatic rings. The van der Waals surface area contributed by atoms with Crippen molar-refractivity contribution < 1.29 is 31.3 Å². The van der Waals surface area contributed by atoms with E-state index in [9.17, 15) is 26.5 Å². The summed E-state index contributed by atoms with van der Waals surface area (Å²) < 4.78 is 65.5. The highest BCUT2D eigenvalue weighted by Crippen LogP contribution is 2.40. The smallest absolute Gasteiger partial charge is 0.337 e. The summed E-state index contributed by atoms with van der Waals surface area (Å²) in [4.78, 5) is 12.2. The Hall–Kier alpha value is -1.29. The van der Waals surface area contributed by atoms with Crippen LogP contribution < -0.4 is 0 Å². The van der Waals surface area contributed by atoms with Gasteiger partial charge >= 0.3 is 16.3 Å². The van der Waals surface area contributed by atoms with Gasteiger partial charge in [0.2, 0.25) is 0 Å². The molecule has 10 heteroatoms. The Labute approximate surface area is 149 Å². The van der Waals surface area contributed by atoms with E-state index in [1.165, 1.54) is 0 Å². The molecule has 1 unspecified atom stereocenters. The van der Waals surface area contributed by atoms with Gasteiger partial charge in [0.05, 0.1) is 12.5 Å². The third kappa shape index (κ3) is 4.28. The lowest BCUT2D eigenvalue weighted by molar-refractivity contribution is -0.152. The fraction of sp³-hybridized carbons (Fsp3) is 0.533. The van der Waals surface area contributed by atoms with Crippen molar-refractivity contribution in [1.82, 2.24) is 4.31 Å². The van der Waals surface area contributed by atoms with Gasteiger partial charge in [0.25, 0.3) is 0 Å². The number of alkyl halides is 1. The number of hydrogen-bond donors (Lipinski definition) is 1. The van der Waals surface area contributed by atoms with Crippen molar-refractivity contribution in [3.8, 4) is 0 Å². The summed E-state index contributed by atoms with van der Waals surface area (Å²) in [6.07, 6.45) is 1.42. The van der Waals surface area contributed by atoms with E-state index in [-0.39, 0.29) is 18.4 Å². The molecule has 25 heavy (non-hydrogen) atoms. The van der Waals surface area contributed by atoms with Gasteiger partial charge in [0.1, 0.15) is 17.2 Å². The maximum Gasteiger partial charge on any atom is 0.337 e. The second kappa shape index (κ2) is 7.53. The minimum atomic E-state index is -4.82. The van der Waals surface area contributed by atoms with Crippen LogP contribution in [0.15, 0.2) is 18.2 Å². The summed E-state index contributed by atoms with van der Waals surface area (Å²) in [5, 5.41) is -1.19. The van der Waals surface area contributed by atoms with Crippen molar-refractivity contribution in [2.75, 3.05) is 13.7 Å². The minimum Gasteiger partial charge on any atom is -0.468 e. The van der Waals surface area contributed by atoms with Crippen LogP contribution in [0.4, 0.5) is 8.78 Å². The Bertz CT molecular complexity index is 732. The summed E-state index contributed by atoms with van der Waals surface area (Å²) in [6.45, 7) is -0.543. The van der Waals surface area contributed by atoms with Gasteiger partial charge in [0.15, 0.2) is 0 Å². The van der Waals surface area contributed by atoms with Crippen LogP contribution in [-0.2, 0) is 19.8 Å². The number of benzene rings is 1. The number of carbonyl (C=O) groups is 1. The number of hydrogen-bond acceptors (Lipinski definition) is 4. The monoisotopic (exact) mass is 397 g/mol. The Kier molecular flexibility index (Phi) is 6.03. The van der Waals surface area contributed by atoms with Crippen LogP contribution >= 0.6 is 11.6 Å². The molecule has 0 spiro atoms. The second-order valence-corrected chi connectivity index (χ2v) is 7.77. The first kappa shape index (κ1) is 20.0. The van der Waals surface area contributed by atoms with Crippen molar-refractivity contribution >= 4 is 27.9 Å². The first-order valence-electron chi connectivity index (χ1n) is 7.54. The third-order valence-corrected chi connectivity index (χ3v) is 5.77. The van der Waals surface area contributed by atoms with Crippen LogP contribution in [0.1, 0.15) is 36.6 Å². The summed E-state index contributed by atoms with van der Waals surface area (Å²) in [5.41, 5.74) is -1.59. The van der Waals surface area contributed by atoms with Gasteiger partial charge in [0, 0.05) is 12.6 Å². The van der Waals surface area contributed by atoms with Gasteiger partial charge in [-0.25, -0.2) is 8.78 Å². The van der Waals surface area contributed by atoms with Crippen LogP contribution in [0.2, 0.25) is 0 Å². The molecule has 1 atom stereocenters. The second-order valence-electron chi connectivity index (χ2n) is 5.91. The zero-order chi connectivity index (χ0) is 18.8. The van der Waals surface area contributed by atoms with E-state index in [1.807, 2.05) is 0 Å². The number of ether oxygens (including phenoxy) is 1. The topological polar surface area (TPSA) is 83.9 Å². The molecule has 0 bridgehead atoms. The van der Waals surface area contributed by atoms with Gasteiger partial charge in [-0.3, -0.25) is 9.35 Å². The SMILES string of the molecule is COC(=O)C1(N(CC(Cl)c2cc(F)cc(F)c2)S(=O)(=O)O)CCCC1.